The van der Waals surface area contributed by atoms with Gasteiger partial charge in [-0.05, 0) is 29.2 Å². The van der Waals surface area contributed by atoms with Crippen molar-refractivity contribution in [3.63, 3.8) is 0 Å². The summed E-state index contributed by atoms with van der Waals surface area (Å²) >= 11 is 1.44. The number of ether oxygens (including phenoxy) is 1. The van der Waals surface area contributed by atoms with E-state index in [1.807, 2.05) is 17.5 Å². The van der Waals surface area contributed by atoms with Crippen molar-refractivity contribution >= 4 is 32.7 Å². The van der Waals surface area contributed by atoms with Crippen LogP contribution in [0.4, 0.5) is 5.13 Å². The van der Waals surface area contributed by atoms with E-state index in [4.69, 9.17) is 4.74 Å². The minimum absolute atomic E-state index is 0.282. The van der Waals surface area contributed by atoms with Crippen LogP contribution in [0.1, 0.15) is 30.9 Å². The molecule has 1 N–H and O–H groups in total. The van der Waals surface area contributed by atoms with Crippen LogP contribution in [-0.2, 0) is 14.8 Å². The molecular weight excluding hydrogens is 444 g/mol. The van der Waals surface area contributed by atoms with Crippen molar-refractivity contribution in [2.75, 3.05) is 31.7 Å². The third-order valence-corrected chi connectivity index (χ3v) is 7.90. The average Bonchev–Trinajstić information content (AvgIpc) is 3.29. The quantitative estimate of drug-likeness (QED) is 0.409. The maximum Gasteiger partial charge on any atom is 0.243 e. The van der Waals surface area contributed by atoms with Crippen LogP contribution in [0.5, 0.6) is 0 Å². The molecular formula is C23H26N4O3S2. The first-order valence-corrected chi connectivity index (χ1v) is 12.8. The number of hydrogen-bond donors (Lipinski definition) is 1. The van der Waals surface area contributed by atoms with Gasteiger partial charge in [-0.25, -0.2) is 13.4 Å². The van der Waals surface area contributed by atoms with Crippen molar-refractivity contribution in [3.05, 3.63) is 65.0 Å². The molecule has 3 aromatic rings. The second-order valence-electron chi connectivity index (χ2n) is 7.77. The molecule has 0 saturated carbocycles. The normalized spacial score (nSPS) is 15.5. The summed E-state index contributed by atoms with van der Waals surface area (Å²) in [4.78, 5) is 4.83. The molecule has 0 aliphatic carbocycles. The smallest absolute Gasteiger partial charge is 0.243 e. The van der Waals surface area contributed by atoms with Crippen molar-refractivity contribution in [2.45, 2.75) is 24.7 Å². The van der Waals surface area contributed by atoms with Crippen LogP contribution in [0.15, 0.2) is 63.9 Å². The molecule has 1 aromatic heterocycles. The van der Waals surface area contributed by atoms with E-state index in [-0.39, 0.29) is 4.90 Å². The molecule has 1 aliphatic heterocycles. The van der Waals surface area contributed by atoms with Crippen LogP contribution >= 0.6 is 11.3 Å². The third kappa shape index (κ3) is 5.24. The zero-order valence-electron chi connectivity index (χ0n) is 18.1. The Morgan fingerprint density at radius 3 is 2.44 bits per heavy atom. The largest absolute Gasteiger partial charge is 0.379 e. The standard InChI is InChI=1S/C23H26N4O3S2/c1-17(2)19-5-3-18(4-6-19)15-24-26-23-25-22(16-31-23)20-7-9-21(10-8-20)32(28,29)27-11-13-30-14-12-27/h3-10,15-17H,11-14H2,1-2H3,(H,25,26)/b24-15+. The molecule has 0 unspecified atom stereocenters. The lowest BCUT2D eigenvalue weighted by Crippen LogP contribution is -2.40. The Bertz CT molecular complexity index is 1160. The topological polar surface area (TPSA) is 83.9 Å². The van der Waals surface area contributed by atoms with Gasteiger partial charge in [-0.15, -0.1) is 11.3 Å². The highest BCUT2D eigenvalue weighted by molar-refractivity contribution is 7.89. The zero-order chi connectivity index (χ0) is 22.6. The molecule has 1 fully saturated rings. The maximum atomic E-state index is 12.8. The molecule has 1 saturated heterocycles. The molecule has 0 radical (unpaired) electrons. The third-order valence-electron chi connectivity index (χ3n) is 5.24. The van der Waals surface area contributed by atoms with Crippen LogP contribution in [0, 0.1) is 0 Å². The van der Waals surface area contributed by atoms with Gasteiger partial charge >= 0.3 is 0 Å². The number of rotatable bonds is 7. The van der Waals surface area contributed by atoms with Crippen molar-refractivity contribution < 1.29 is 13.2 Å². The number of aromatic nitrogens is 1. The maximum absolute atomic E-state index is 12.8. The predicted molar refractivity (Wildman–Crippen MR) is 129 cm³/mol. The first-order valence-electron chi connectivity index (χ1n) is 10.5. The summed E-state index contributed by atoms with van der Waals surface area (Å²) < 4.78 is 32.2. The Kier molecular flexibility index (Phi) is 7.00. The molecule has 168 valence electrons. The highest BCUT2D eigenvalue weighted by atomic mass is 32.2. The molecule has 1 aliphatic rings. The lowest BCUT2D eigenvalue weighted by molar-refractivity contribution is 0.0730. The van der Waals surface area contributed by atoms with E-state index in [0.29, 0.717) is 37.4 Å². The van der Waals surface area contributed by atoms with Gasteiger partial charge in [0.25, 0.3) is 0 Å². The Labute approximate surface area is 192 Å². The molecule has 32 heavy (non-hydrogen) atoms. The average molecular weight is 471 g/mol. The van der Waals surface area contributed by atoms with Gasteiger partial charge in [0.1, 0.15) is 0 Å². The summed E-state index contributed by atoms with van der Waals surface area (Å²) in [6.45, 7) is 5.96. The first-order chi connectivity index (χ1) is 15.4. The van der Waals surface area contributed by atoms with Gasteiger partial charge in [0.2, 0.25) is 15.2 Å². The second-order valence-corrected chi connectivity index (χ2v) is 10.6. The SMILES string of the molecule is CC(C)c1ccc(/C=N/Nc2nc(-c3ccc(S(=O)(=O)N4CCOCC4)cc3)cs2)cc1. The van der Waals surface area contributed by atoms with Crippen LogP contribution in [0.3, 0.4) is 0 Å². The Hall–Kier alpha value is -2.59. The number of morpholine rings is 1. The summed E-state index contributed by atoms with van der Waals surface area (Å²) in [5.41, 5.74) is 6.88. The minimum Gasteiger partial charge on any atom is -0.379 e. The predicted octanol–water partition coefficient (Wildman–Crippen LogP) is 4.40. The van der Waals surface area contributed by atoms with Crippen LogP contribution in [0.25, 0.3) is 11.3 Å². The molecule has 2 aromatic carbocycles. The van der Waals surface area contributed by atoms with Crippen LogP contribution < -0.4 is 5.43 Å². The van der Waals surface area contributed by atoms with Crippen molar-refractivity contribution in [1.29, 1.82) is 0 Å². The lowest BCUT2D eigenvalue weighted by Gasteiger charge is -2.26. The molecule has 4 rings (SSSR count). The number of benzene rings is 2. The van der Waals surface area contributed by atoms with Gasteiger partial charge in [0.05, 0.1) is 30.0 Å². The van der Waals surface area contributed by atoms with E-state index in [0.717, 1.165) is 16.8 Å². The molecule has 7 nitrogen and oxygen atoms in total. The number of hydrogen-bond acceptors (Lipinski definition) is 7. The Morgan fingerprint density at radius 2 is 1.78 bits per heavy atom. The molecule has 0 amide bonds. The van der Waals surface area contributed by atoms with Gasteiger partial charge in [0, 0.05) is 24.0 Å². The van der Waals surface area contributed by atoms with Crippen molar-refractivity contribution in [2.24, 2.45) is 5.10 Å². The molecule has 2 heterocycles. The zero-order valence-corrected chi connectivity index (χ0v) is 19.7. The van der Waals surface area contributed by atoms with Gasteiger partial charge in [0.15, 0.2) is 0 Å². The van der Waals surface area contributed by atoms with Crippen molar-refractivity contribution in [1.82, 2.24) is 9.29 Å². The van der Waals surface area contributed by atoms with Crippen LogP contribution in [-0.4, -0.2) is 50.2 Å². The van der Waals surface area contributed by atoms with E-state index < -0.39 is 10.0 Å². The number of nitrogens with zero attached hydrogens (tertiary/aromatic N) is 3. The number of hydrazone groups is 1. The number of thiazole rings is 1. The summed E-state index contributed by atoms with van der Waals surface area (Å²) in [6, 6.07) is 15.1. The Morgan fingerprint density at radius 1 is 1.09 bits per heavy atom. The van der Waals surface area contributed by atoms with Gasteiger partial charge < -0.3 is 4.74 Å². The van der Waals surface area contributed by atoms with E-state index in [1.54, 1.807) is 30.5 Å². The number of nitrogens with one attached hydrogen (secondary N) is 1. The first kappa shape index (κ1) is 22.6. The lowest BCUT2D eigenvalue weighted by atomic mass is 10.0. The highest BCUT2D eigenvalue weighted by Gasteiger charge is 2.26. The highest BCUT2D eigenvalue weighted by Crippen LogP contribution is 2.27. The molecule has 9 heteroatoms. The Balaban J connectivity index is 1.40. The fraction of sp³-hybridized carbons (Fsp3) is 0.304. The molecule has 0 spiro atoms. The molecule has 0 bridgehead atoms. The fourth-order valence-corrected chi connectivity index (χ4v) is 5.40. The van der Waals surface area contributed by atoms with Gasteiger partial charge in [-0.1, -0.05) is 50.2 Å². The van der Waals surface area contributed by atoms with Crippen molar-refractivity contribution in [3.8, 4) is 11.3 Å². The van der Waals surface area contributed by atoms with Gasteiger partial charge in [-0.2, -0.15) is 9.41 Å². The van der Waals surface area contributed by atoms with E-state index in [1.165, 1.54) is 21.2 Å². The second kappa shape index (κ2) is 9.91. The number of sulfonamides is 1. The monoisotopic (exact) mass is 470 g/mol. The van der Waals surface area contributed by atoms with Gasteiger partial charge in [-0.3, -0.25) is 5.43 Å². The molecule has 0 atom stereocenters. The number of anilines is 1. The summed E-state index contributed by atoms with van der Waals surface area (Å²) in [6.07, 6.45) is 1.76. The van der Waals surface area contributed by atoms with E-state index in [2.05, 4.69) is 41.5 Å². The van der Waals surface area contributed by atoms with E-state index >= 15 is 0 Å². The fourth-order valence-electron chi connectivity index (χ4n) is 3.32. The summed E-state index contributed by atoms with van der Waals surface area (Å²) in [5, 5.41) is 6.85. The van der Waals surface area contributed by atoms with E-state index in [9.17, 15) is 8.42 Å². The van der Waals surface area contributed by atoms with Crippen LogP contribution in [0.2, 0.25) is 0 Å². The minimum atomic E-state index is -3.50. The summed E-state index contributed by atoms with van der Waals surface area (Å²) in [5.74, 6) is 0.501. The summed E-state index contributed by atoms with van der Waals surface area (Å²) in [7, 11) is -3.50.